The predicted molar refractivity (Wildman–Crippen MR) is 300 cm³/mol. The first-order valence-electron chi connectivity index (χ1n) is 24.4. The molecule has 12 aromatic rings. The van der Waals surface area contributed by atoms with Crippen LogP contribution in [-0.2, 0) is 0 Å². The van der Waals surface area contributed by atoms with Crippen molar-refractivity contribution in [1.29, 1.82) is 0 Å². The van der Waals surface area contributed by atoms with E-state index in [1.165, 1.54) is 0 Å². The fourth-order valence-corrected chi connectivity index (χ4v) is 9.80. The van der Waals surface area contributed by atoms with Gasteiger partial charge in [0.05, 0.1) is 22.8 Å². The predicted octanol–water partition coefficient (Wildman–Crippen LogP) is 18.2. The molecule has 12 rings (SSSR count). The summed E-state index contributed by atoms with van der Waals surface area (Å²) in [5, 5.41) is 0. The second kappa shape index (κ2) is 19.8. The number of nitrogens with zero attached hydrogens (tertiary/aromatic N) is 3. The molecule has 0 radical (unpaired) electrons. The van der Waals surface area contributed by atoms with Crippen LogP contribution in [0.2, 0.25) is 0 Å². The summed E-state index contributed by atoms with van der Waals surface area (Å²) in [4.78, 5) is 16.4. The number of rotatable bonds is 11. The standard InChI is InChI=1S/C69H47N3/c1-8-24-48(25-9-1)59-44-60(49-26-10-2-11-27-49)46-61(45-59)69-70-62(50-28-12-3-13-29-50)47-63(71-69)57-40-22-38-55(42-57)56-39-23-41-58(43-56)64-65(51-30-14-4-15-31-51)67(53-34-18-6-19-35-53)72-68(54-36-20-7-21-37-54)66(64)52-32-16-5-17-33-52/h1-47H. The molecule has 0 aliphatic carbocycles. The van der Waals surface area contributed by atoms with Gasteiger partial charge in [-0.3, -0.25) is 0 Å². The maximum atomic E-state index is 5.66. The van der Waals surface area contributed by atoms with Gasteiger partial charge in [-0.1, -0.05) is 249 Å². The second-order valence-corrected chi connectivity index (χ2v) is 17.9. The summed E-state index contributed by atoms with van der Waals surface area (Å²) >= 11 is 0. The third-order valence-corrected chi connectivity index (χ3v) is 13.3. The largest absolute Gasteiger partial charge is 0.246 e. The number of hydrogen-bond donors (Lipinski definition) is 0. The van der Waals surface area contributed by atoms with Crippen molar-refractivity contribution in [3.8, 4) is 123 Å². The fraction of sp³-hybridized carbons (Fsp3) is 0. The molecule has 0 fully saturated rings. The van der Waals surface area contributed by atoms with E-state index in [9.17, 15) is 0 Å². The van der Waals surface area contributed by atoms with Crippen molar-refractivity contribution in [3.05, 3.63) is 285 Å². The van der Waals surface area contributed by atoms with E-state index in [4.69, 9.17) is 15.0 Å². The number of hydrogen-bond acceptors (Lipinski definition) is 3. The lowest BCUT2D eigenvalue weighted by Crippen LogP contribution is -2.01. The van der Waals surface area contributed by atoms with Gasteiger partial charge in [-0.2, -0.15) is 0 Å². The van der Waals surface area contributed by atoms with Crippen molar-refractivity contribution in [1.82, 2.24) is 15.0 Å². The Hall–Kier alpha value is -9.57. The fourth-order valence-electron chi connectivity index (χ4n) is 9.80. The third-order valence-electron chi connectivity index (χ3n) is 13.3. The van der Waals surface area contributed by atoms with Crippen molar-refractivity contribution in [2.75, 3.05) is 0 Å². The van der Waals surface area contributed by atoms with Gasteiger partial charge in [0.15, 0.2) is 5.82 Å². The lowest BCUT2D eigenvalue weighted by Gasteiger charge is -2.23. The Morgan fingerprint density at radius 2 is 0.472 bits per heavy atom. The molecule has 338 valence electrons. The molecular weight excluding hydrogens is 871 g/mol. The van der Waals surface area contributed by atoms with Crippen molar-refractivity contribution in [2.24, 2.45) is 0 Å². The van der Waals surface area contributed by atoms with E-state index in [0.29, 0.717) is 5.82 Å². The summed E-state index contributed by atoms with van der Waals surface area (Å²) in [5.74, 6) is 0.664. The van der Waals surface area contributed by atoms with Gasteiger partial charge >= 0.3 is 0 Å². The van der Waals surface area contributed by atoms with Crippen LogP contribution >= 0.6 is 0 Å². The number of pyridine rings is 1. The maximum absolute atomic E-state index is 5.66. The SMILES string of the molecule is c1ccc(-c2cc(-c3ccccc3)cc(-c3nc(-c4ccccc4)cc(-c4cccc(-c5cccc(-c6c(-c7ccccc7)c(-c7ccccc7)nc(-c7ccccc7)c6-c6ccccc6)c5)c4)n3)c2)cc1. The van der Waals surface area contributed by atoms with Crippen LogP contribution in [0.15, 0.2) is 285 Å². The highest BCUT2D eigenvalue weighted by Gasteiger charge is 2.25. The first-order valence-corrected chi connectivity index (χ1v) is 24.4. The Morgan fingerprint density at radius 3 is 0.917 bits per heavy atom. The molecule has 0 bridgehead atoms. The first kappa shape index (κ1) is 43.7. The third kappa shape index (κ3) is 8.95. The quantitative estimate of drug-likeness (QED) is 0.130. The Labute approximate surface area is 421 Å². The molecule has 10 aromatic carbocycles. The van der Waals surface area contributed by atoms with Crippen LogP contribution in [0.3, 0.4) is 0 Å². The van der Waals surface area contributed by atoms with E-state index >= 15 is 0 Å². The van der Waals surface area contributed by atoms with Crippen LogP contribution in [0.25, 0.3) is 123 Å². The molecule has 0 atom stereocenters. The van der Waals surface area contributed by atoms with E-state index in [2.05, 4.69) is 279 Å². The van der Waals surface area contributed by atoms with Crippen LogP contribution < -0.4 is 0 Å². The van der Waals surface area contributed by atoms with Crippen molar-refractivity contribution in [2.45, 2.75) is 0 Å². The monoisotopic (exact) mass is 917 g/mol. The van der Waals surface area contributed by atoms with Gasteiger partial charge < -0.3 is 0 Å². The van der Waals surface area contributed by atoms with Crippen LogP contribution in [0.4, 0.5) is 0 Å². The highest BCUT2D eigenvalue weighted by molar-refractivity contribution is 6.05. The van der Waals surface area contributed by atoms with Gasteiger partial charge in [-0.15, -0.1) is 0 Å². The van der Waals surface area contributed by atoms with E-state index in [0.717, 1.165) is 117 Å². The average Bonchev–Trinajstić information content (AvgIpc) is 3.48. The summed E-state index contributed by atoms with van der Waals surface area (Å²) in [7, 11) is 0. The number of benzene rings is 10. The average molecular weight is 918 g/mol. The minimum atomic E-state index is 0.664. The summed E-state index contributed by atoms with van der Waals surface area (Å²) in [6, 6.07) is 101. The zero-order valence-electron chi connectivity index (χ0n) is 39.5. The van der Waals surface area contributed by atoms with Gasteiger partial charge in [0.2, 0.25) is 0 Å². The molecule has 2 aromatic heterocycles. The highest BCUT2D eigenvalue weighted by Crippen LogP contribution is 2.49. The molecule has 3 heteroatoms. The molecule has 0 N–H and O–H groups in total. The molecule has 72 heavy (non-hydrogen) atoms. The number of aromatic nitrogens is 3. The normalized spacial score (nSPS) is 11.1. The maximum Gasteiger partial charge on any atom is 0.160 e. The van der Waals surface area contributed by atoms with Crippen LogP contribution in [0.1, 0.15) is 0 Å². The summed E-state index contributed by atoms with van der Waals surface area (Å²) in [6.45, 7) is 0. The van der Waals surface area contributed by atoms with Gasteiger partial charge in [-0.05, 0) is 86.5 Å². The topological polar surface area (TPSA) is 38.7 Å². The highest BCUT2D eigenvalue weighted by atomic mass is 14.9. The Bertz CT molecular complexity index is 3650. The summed E-state index contributed by atoms with van der Waals surface area (Å²) in [5.41, 5.74) is 21.9. The van der Waals surface area contributed by atoms with E-state index in [1.807, 2.05) is 6.07 Å². The van der Waals surface area contributed by atoms with Crippen LogP contribution in [0.5, 0.6) is 0 Å². The minimum Gasteiger partial charge on any atom is -0.246 e. The van der Waals surface area contributed by atoms with Gasteiger partial charge in [0, 0.05) is 44.5 Å². The zero-order valence-corrected chi connectivity index (χ0v) is 39.5. The lowest BCUT2D eigenvalue weighted by atomic mass is 9.82. The lowest BCUT2D eigenvalue weighted by molar-refractivity contribution is 1.18. The summed E-state index contributed by atoms with van der Waals surface area (Å²) < 4.78 is 0. The first-order chi connectivity index (χ1) is 35.7. The van der Waals surface area contributed by atoms with Gasteiger partial charge in [-0.25, -0.2) is 15.0 Å². The smallest absolute Gasteiger partial charge is 0.160 e. The van der Waals surface area contributed by atoms with E-state index in [1.54, 1.807) is 0 Å². The Balaban J connectivity index is 1.05. The van der Waals surface area contributed by atoms with Crippen molar-refractivity contribution < 1.29 is 0 Å². The van der Waals surface area contributed by atoms with Crippen molar-refractivity contribution >= 4 is 0 Å². The van der Waals surface area contributed by atoms with E-state index < -0.39 is 0 Å². The molecule has 0 amide bonds. The molecule has 0 spiro atoms. The van der Waals surface area contributed by atoms with E-state index in [-0.39, 0.29) is 0 Å². The van der Waals surface area contributed by atoms with Crippen LogP contribution in [-0.4, -0.2) is 15.0 Å². The molecule has 0 aliphatic heterocycles. The van der Waals surface area contributed by atoms with Gasteiger partial charge in [0.25, 0.3) is 0 Å². The van der Waals surface area contributed by atoms with Crippen molar-refractivity contribution in [3.63, 3.8) is 0 Å². The zero-order chi connectivity index (χ0) is 48.1. The molecule has 2 heterocycles. The molecule has 3 nitrogen and oxygen atoms in total. The Kier molecular flexibility index (Phi) is 12.0. The molecule has 0 saturated heterocycles. The minimum absolute atomic E-state index is 0.664. The molecular formula is C69H47N3. The van der Waals surface area contributed by atoms with Crippen LogP contribution in [0, 0.1) is 0 Å². The summed E-state index contributed by atoms with van der Waals surface area (Å²) in [6.07, 6.45) is 0. The Morgan fingerprint density at radius 1 is 0.167 bits per heavy atom. The molecule has 0 unspecified atom stereocenters. The molecule has 0 aliphatic rings. The second-order valence-electron chi connectivity index (χ2n) is 17.9. The molecule has 0 saturated carbocycles. The van der Waals surface area contributed by atoms with Gasteiger partial charge in [0.1, 0.15) is 0 Å².